The summed E-state index contributed by atoms with van der Waals surface area (Å²) in [6, 6.07) is 0. The van der Waals surface area contributed by atoms with Gasteiger partial charge in [0.2, 0.25) is 0 Å². The predicted molar refractivity (Wildman–Crippen MR) is 55.9 cm³/mol. The van der Waals surface area contributed by atoms with Gasteiger partial charge in [0.1, 0.15) is 9.84 Å². The van der Waals surface area contributed by atoms with Crippen LogP contribution in [0.15, 0.2) is 0 Å². The van der Waals surface area contributed by atoms with E-state index in [0.29, 0.717) is 11.8 Å². The van der Waals surface area contributed by atoms with E-state index in [1.54, 1.807) is 0 Å². The van der Waals surface area contributed by atoms with Gasteiger partial charge in [0.15, 0.2) is 0 Å². The highest BCUT2D eigenvalue weighted by atomic mass is 35.5. The smallest absolute Gasteiger partial charge is 0.150 e. The molecule has 1 fully saturated rings. The third-order valence-corrected chi connectivity index (χ3v) is 4.71. The van der Waals surface area contributed by atoms with Crippen molar-refractivity contribution in [2.24, 2.45) is 5.92 Å². The Morgan fingerprint density at radius 2 is 2.08 bits per heavy atom. The average molecular weight is 225 g/mol. The molecule has 4 heteroatoms. The van der Waals surface area contributed by atoms with Gasteiger partial charge in [-0.05, 0) is 25.2 Å². The molecule has 2 atom stereocenters. The summed E-state index contributed by atoms with van der Waals surface area (Å²) in [6.45, 7) is 0. The van der Waals surface area contributed by atoms with Gasteiger partial charge < -0.3 is 0 Å². The highest BCUT2D eigenvalue weighted by Crippen LogP contribution is 2.30. The van der Waals surface area contributed by atoms with Gasteiger partial charge in [-0.2, -0.15) is 0 Å². The van der Waals surface area contributed by atoms with Crippen molar-refractivity contribution in [2.45, 2.75) is 37.4 Å². The predicted octanol–water partition coefficient (Wildman–Crippen LogP) is 2.22. The molecule has 2 nitrogen and oxygen atoms in total. The molecule has 1 saturated carbocycles. The van der Waals surface area contributed by atoms with Crippen LogP contribution in [0.3, 0.4) is 0 Å². The van der Waals surface area contributed by atoms with Gasteiger partial charge in [-0.15, -0.1) is 11.6 Å². The Morgan fingerprint density at radius 1 is 1.38 bits per heavy atom. The fraction of sp³-hybridized carbons (Fsp3) is 1.00. The van der Waals surface area contributed by atoms with Gasteiger partial charge >= 0.3 is 0 Å². The fourth-order valence-corrected chi connectivity index (χ4v) is 3.57. The van der Waals surface area contributed by atoms with Crippen LogP contribution in [0.25, 0.3) is 0 Å². The van der Waals surface area contributed by atoms with Crippen molar-refractivity contribution < 1.29 is 8.42 Å². The van der Waals surface area contributed by atoms with Crippen molar-refractivity contribution in [1.82, 2.24) is 0 Å². The summed E-state index contributed by atoms with van der Waals surface area (Å²) in [5, 5.41) is -0.102. The molecule has 1 rings (SSSR count). The first-order chi connectivity index (χ1) is 6.04. The maximum Gasteiger partial charge on any atom is 0.150 e. The van der Waals surface area contributed by atoms with Crippen LogP contribution >= 0.6 is 11.6 Å². The average Bonchev–Trinajstić information content (AvgIpc) is 2.04. The number of alkyl halides is 1. The first kappa shape index (κ1) is 11.3. The monoisotopic (exact) mass is 224 g/mol. The van der Waals surface area contributed by atoms with E-state index in [0.717, 1.165) is 32.1 Å². The largest absolute Gasteiger partial charge is 0.229 e. The first-order valence-corrected chi connectivity index (χ1v) is 7.27. The number of sulfone groups is 1. The maximum atomic E-state index is 11.3. The van der Waals surface area contributed by atoms with E-state index in [1.807, 2.05) is 0 Å². The van der Waals surface area contributed by atoms with Crippen LogP contribution in [0, 0.1) is 5.92 Å². The Labute approximate surface area is 85.6 Å². The summed E-state index contributed by atoms with van der Waals surface area (Å²) < 4.78 is 22.6. The zero-order chi connectivity index (χ0) is 9.90. The van der Waals surface area contributed by atoms with Crippen molar-refractivity contribution in [1.29, 1.82) is 0 Å². The lowest BCUT2D eigenvalue weighted by Crippen LogP contribution is -2.27. The SMILES string of the molecule is CS(=O)(=O)C1CCCC(CCCl)C1. The Hall–Kier alpha value is 0.240. The van der Waals surface area contributed by atoms with Gasteiger partial charge in [-0.3, -0.25) is 0 Å². The number of hydrogen-bond acceptors (Lipinski definition) is 2. The topological polar surface area (TPSA) is 34.1 Å². The summed E-state index contributed by atoms with van der Waals surface area (Å²) in [5.41, 5.74) is 0. The third-order valence-electron chi connectivity index (χ3n) is 2.86. The molecule has 0 saturated heterocycles. The summed E-state index contributed by atoms with van der Waals surface area (Å²) in [6.07, 6.45) is 6.18. The van der Waals surface area contributed by atoms with Crippen LogP contribution in [0.2, 0.25) is 0 Å². The van der Waals surface area contributed by atoms with Crippen molar-refractivity contribution >= 4 is 21.4 Å². The summed E-state index contributed by atoms with van der Waals surface area (Å²) >= 11 is 5.65. The summed E-state index contributed by atoms with van der Waals surface area (Å²) in [7, 11) is -2.82. The second kappa shape index (κ2) is 4.65. The molecule has 0 radical (unpaired) electrons. The molecule has 0 aromatic carbocycles. The lowest BCUT2D eigenvalue weighted by atomic mass is 9.87. The van der Waals surface area contributed by atoms with E-state index in [2.05, 4.69) is 0 Å². The summed E-state index contributed by atoms with van der Waals surface area (Å²) in [5.74, 6) is 1.19. The van der Waals surface area contributed by atoms with Gasteiger partial charge in [0.25, 0.3) is 0 Å². The molecule has 0 bridgehead atoms. The van der Waals surface area contributed by atoms with E-state index in [9.17, 15) is 8.42 Å². The van der Waals surface area contributed by atoms with Gasteiger partial charge in [-0.1, -0.05) is 12.8 Å². The molecular weight excluding hydrogens is 208 g/mol. The minimum absolute atomic E-state index is 0.102. The molecule has 13 heavy (non-hydrogen) atoms. The Kier molecular flexibility index (Phi) is 4.05. The Morgan fingerprint density at radius 3 is 2.62 bits per heavy atom. The molecule has 0 N–H and O–H groups in total. The van der Waals surface area contributed by atoms with Crippen LogP contribution in [0.5, 0.6) is 0 Å². The standard InChI is InChI=1S/C9H17ClO2S/c1-13(11,12)9-4-2-3-8(7-9)5-6-10/h8-9H,2-7H2,1H3. The number of halogens is 1. The van der Waals surface area contributed by atoms with E-state index >= 15 is 0 Å². The van der Waals surface area contributed by atoms with Crippen LogP contribution in [0.4, 0.5) is 0 Å². The van der Waals surface area contributed by atoms with E-state index < -0.39 is 9.84 Å². The third kappa shape index (κ3) is 3.47. The molecule has 1 aliphatic carbocycles. The van der Waals surface area contributed by atoms with Crippen LogP contribution < -0.4 is 0 Å². The molecule has 0 aliphatic heterocycles. The fourth-order valence-electron chi connectivity index (χ4n) is 2.05. The lowest BCUT2D eigenvalue weighted by Gasteiger charge is -2.27. The van der Waals surface area contributed by atoms with Gasteiger partial charge in [0, 0.05) is 12.1 Å². The minimum atomic E-state index is -2.82. The molecule has 2 unspecified atom stereocenters. The second-order valence-corrected chi connectivity index (χ2v) is 6.67. The highest BCUT2D eigenvalue weighted by molar-refractivity contribution is 7.91. The first-order valence-electron chi connectivity index (χ1n) is 4.79. The quantitative estimate of drug-likeness (QED) is 0.689. The lowest BCUT2D eigenvalue weighted by molar-refractivity contribution is 0.350. The van der Waals surface area contributed by atoms with Gasteiger partial charge in [0.05, 0.1) is 5.25 Å². The summed E-state index contributed by atoms with van der Waals surface area (Å²) in [4.78, 5) is 0. The van der Waals surface area contributed by atoms with E-state index in [1.165, 1.54) is 6.26 Å². The molecular formula is C9H17ClO2S. The van der Waals surface area contributed by atoms with E-state index in [-0.39, 0.29) is 5.25 Å². The molecule has 78 valence electrons. The minimum Gasteiger partial charge on any atom is -0.229 e. The molecule has 0 aromatic heterocycles. The molecule has 0 heterocycles. The van der Waals surface area contributed by atoms with Crippen LogP contribution in [-0.2, 0) is 9.84 Å². The second-order valence-electron chi connectivity index (χ2n) is 3.96. The van der Waals surface area contributed by atoms with Gasteiger partial charge in [-0.25, -0.2) is 8.42 Å². The molecule has 1 aliphatic rings. The molecule has 0 amide bonds. The number of hydrogen-bond donors (Lipinski definition) is 0. The van der Waals surface area contributed by atoms with Crippen LogP contribution in [-0.4, -0.2) is 25.8 Å². The van der Waals surface area contributed by atoms with Crippen molar-refractivity contribution in [3.8, 4) is 0 Å². The van der Waals surface area contributed by atoms with Crippen molar-refractivity contribution in [2.75, 3.05) is 12.1 Å². The zero-order valence-corrected chi connectivity index (χ0v) is 9.57. The normalized spacial score (nSPS) is 30.3. The van der Waals surface area contributed by atoms with Crippen molar-refractivity contribution in [3.05, 3.63) is 0 Å². The molecule has 0 aromatic rings. The Balaban J connectivity index is 2.52. The van der Waals surface area contributed by atoms with E-state index in [4.69, 9.17) is 11.6 Å². The van der Waals surface area contributed by atoms with Crippen LogP contribution in [0.1, 0.15) is 32.1 Å². The number of rotatable bonds is 3. The zero-order valence-electron chi connectivity index (χ0n) is 8.00. The maximum absolute atomic E-state index is 11.3. The van der Waals surface area contributed by atoms with Crippen molar-refractivity contribution in [3.63, 3.8) is 0 Å². The Bertz CT molecular complexity index is 246. The highest BCUT2D eigenvalue weighted by Gasteiger charge is 2.28. The molecule has 0 spiro atoms.